The number of aromatic nitrogens is 5. The Bertz CT molecular complexity index is 1460. The van der Waals surface area contributed by atoms with Gasteiger partial charge in [-0.3, -0.25) is 9.36 Å². The maximum absolute atomic E-state index is 12.7. The van der Waals surface area contributed by atoms with E-state index in [0.717, 1.165) is 77.2 Å². The lowest BCUT2D eigenvalue weighted by Gasteiger charge is -2.21. The molecule has 1 saturated carbocycles. The lowest BCUT2D eigenvalue weighted by Crippen LogP contribution is -2.20. The second-order valence-electron chi connectivity index (χ2n) is 10.4. The Balaban J connectivity index is 1.12. The third-order valence-electron chi connectivity index (χ3n) is 7.45. The highest BCUT2D eigenvalue weighted by Crippen LogP contribution is 2.40. The molecule has 0 bridgehead atoms. The Morgan fingerprint density at radius 3 is 2.55 bits per heavy atom. The largest absolute Gasteiger partial charge is 0.435 e. The van der Waals surface area contributed by atoms with Crippen molar-refractivity contribution in [1.82, 2.24) is 24.5 Å². The fourth-order valence-electron chi connectivity index (χ4n) is 5.36. The van der Waals surface area contributed by atoms with Crippen LogP contribution in [0.4, 0.5) is 18.9 Å². The molecule has 8 nitrogen and oxygen atoms in total. The zero-order valence-electron chi connectivity index (χ0n) is 20.7. The number of hydrogen-bond donors (Lipinski definition) is 0. The van der Waals surface area contributed by atoms with Gasteiger partial charge in [0, 0.05) is 54.6 Å². The molecule has 38 heavy (non-hydrogen) atoms. The van der Waals surface area contributed by atoms with E-state index in [9.17, 15) is 13.2 Å². The molecular formula is C27H27F3N6O2. The van der Waals surface area contributed by atoms with E-state index in [0.29, 0.717) is 36.6 Å². The van der Waals surface area contributed by atoms with Crippen LogP contribution >= 0.6 is 0 Å². The second kappa shape index (κ2) is 9.00. The molecule has 0 atom stereocenters. The van der Waals surface area contributed by atoms with Crippen LogP contribution in [-0.2, 0) is 24.4 Å². The summed E-state index contributed by atoms with van der Waals surface area (Å²) in [7, 11) is 0. The Morgan fingerprint density at radius 1 is 0.974 bits per heavy atom. The summed E-state index contributed by atoms with van der Waals surface area (Å²) < 4.78 is 53.1. The lowest BCUT2D eigenvalue weighted by atomic mass is 9.96. The van der Waals surface area contributed by atoms with Crippen molar-refractivity contribution < 1.29 is 22.6 Å². The van der Waals surface area contributed by atoms with Crippen molar-refractivity contribution in [2.45, 2.75) is 63.5 Å². The van der Waals surface area contributed by atoms with Gasteiger partial charge in [-0.2, -0.15) is 23.4 Å². The van der Waals surface area contributed by atoms with E-state index in [1.807, 2.05) is 41.2 Å². The van der Waals surface area contributed by atoms with Gasteiger partial charge in [0.05, 0.1) is 30.0 Å². The highest BCUT2D eigenvalue weighted by molar-refractivity contribution is 5.83. The van der Waals surface area contributed by atoms with Crippen molar-refractivity contribution in [2.75, 3.05) is 18.1 Å². The maximum Gasteiger partial charge on any atom is 0.408 e. The Morgan fingerprint density at radius 2 is 1.79 bits per heavy atom. The van der Waals surface area contributed by atoms with E-state index in [2.05, 4.69) is 10.00 Å². The standard InChI is InChI=1S/C27H27F3N6O2/c28-27(29,30)16-35-13-19-12-34(14-23(19)32-35)21-3-1-17-2-6-25(31-22(17)11-21)38-24-15-36(20-4-5-20)33-26(24)18-7-9-37-10-8-18/h1-3,6,11,13,15,18,20H,4-5,7-10,12,14,16H2. The third kappa shape index (κ3) is 4.70. The average Bonchev–Trinajstić information content (AvgIpc) is 3.39. The minimum Gasteiger partial charge on any atom is -0.435 e. The molecule has 1 aliphatic carbocycles. The van der Waals surface area contributed by atoms with E-state index in [1.165, 1.54) is 6.20 Å². The van der Waals surface area contributed by atoms with E-state index >= 15 is 0 Å². The normalized spacial score (nSPS) is 18.3. The third-order valence-corrected chi connectivity index (χ3v) is 7.45. The number of nitrogens with zero attached hydrogens (tertiary/aromatic N) is 6. The molecule has 0 amide bonds. The summed E-state index contributed by atoms with van der Waals surface area (Å²) in [5.74, 6) is 1.57. The molecule has 1 saturated heterocycles. The van der Waals surface area contributed by atoms with E-state index in [4.69, 9.17) is 19.6 Å². The lowest BCUT2D eigenvalue weighted by molar-refractivity contribution is -0.142. The Hall–Kier alpha value is -3.60. The quantitative estimate of drug-likeness (QED) is 0.321. The van der Waals surface area contributed by atoms with Crippen LogP contribution in [0.3, 0.4) is 0 Å². The molecule has 2 fully saturated rings. The number of benzene rings is 1. The molecule has 0 spiro atoms. The SMILES string of the molecule is FC(F)(F)Cn1cc2c(n1)CN(c1ccc3ccc(Oc4cn(C5CC5)nc4C4CCOCC4)nc3c1)C2. The number of anilines is 1. The monoisotopic (exact) mass is 524 g/mol. The van der Waals surface area contributed by atoms with Crippen molar-refractivity contribution >= 4 is 16.6 Å². The predicted octanol–water partition coefficient (Wildman–Crippen LogP) is 5.73. The van der Waals surface area contributed by atoms with Crippen LogP contribution in [-0.4, -0.2) is 43.9 Å². The van der Waals surface area contributed by atoms with Crippen molar-refractivity contribution in [2.24, 2.45) is 0 Å². The van der Waals surface area contributed by atoms with Crippen molar-refractivity contribution in [3.63, 3.8) is 0 Å². The summed E-state index contributed by atoms with van der Waals surface area (Å²) in [6.45, 7) is 1.36. The Labute approximate surface area is 217 Å². The topological polar surface area (TPSA) is 70.2 Å². The fraction of sp³-hybridized carbons (Fsp3) is 0.444. The van der Waals surface area contributed by atoms with Gasteiger partial charge in [-0.05, 0) is 43.9 Å². The van der Waals surface area contributed by atoms with Gasteiger partial charge in [0.25, 0.3) is 0 Å². The van der Waals surface area contributed by atoms with Gasteiger partial charge in [-0.1, -0.05) is 6.07 Å². The first-order chi connectivity index (χ1) is 18.4. The van der Waals surface area contributed by atoms with Crippen LogP contribution in [0.5, 0.6) is 11.6 Å². The molecule has 198 valence electrons. The number of hydrogen-bond acceptors (Lipinski definition) is 6. The van der Waals surface area contributed by atoms with Crippen LogP contribution in [0.2, 0.25) is 0 Å². The first-order valence-electron chi connectivity index (χ1n) is 13.0. The molecule has 5 heterocycles. The van der Waals surface area contributed by atoms with Gasteiger partial charge in [0.2, 0.25) is 5.88 Å². The number of ether oxygens (including phenoxy) is 2. The molecular weight excluding hydrogens is 497 g/mol. The van der Waals surface area contributed by atoms with Crippen LogP contribution in [0.1, 0.15) is 54.6 Å². The van der Waals surface area contributed by atoms with Crippen molar-refractivity contribution in [3.8, 4) is 11.6 Å². The average molecular weight is 525 g/mol. The maximum atomic E-state index is 12.7. The fourth-order valence-corrected chi connectivity index (χ4v) is 5.36. The zero-order valence-corrected chi connectivity index (χ0v) is 20.7. The summed E-state index contributed by atoms with van der Waals surface area (Å²) in [6.07, 6.45) is 3.36. The first-order valence-corrected chi connectivity index (χ1v) is 13.0. The first kappa shape index (κ1) is 23.5. The summed E-state index contributed by atoms with van der Waals surface area (Å²) in [5.41, 5.74) is 4.19. The number of halogens is 3. The molecule has 3 aliphatic rings. The minimum atomic E-state index is -4.29. The van der Waals surface area contributed by atoms with Crippen molar-refractivity contribution in [1.29, 1.82) is 0 Å². The molecule has 4 aromatic rings. The number of pyridine rings is 1. The summed E-state index contributed by atoms with van der Waals surface area (Å²) in [5, 5.41) is 10.0. The molecule has 0 unspecified atom stereocenters. The van der Waals surface area contributed by atoms with Crippen LogP contribution in [0.25, 0.3) is 10.9 Å². The number of alkyl halides is 3. The number of fused-ring (bicyclic) bond motifs is 2. The van der Waals surface area contributed by atoms with Crippen LogP contribution < -0.4 is 9.64 Å². The second-order valence-corrected chi connectivity index (χ2v) is 10.4. The Kier molecular flexibility index (Phi) is 5.57. The van der Waals surface area contributed by atoms with Gasteiger partial charge in [-0.15, -0.1) is 0 Å². The zero-order chi connectivity index (χ0) is 25.9. The molecule has 0 radical (unpaired) electrons. The highest BCUT2D eigenvalue weighted by atomic mass is 19.4. The van der Waals surface area contributed by atoms with E-state index in [-0.39, 0.29) is 0 Å². The number of rotatable bonds is 6. The van der Waals surface area contributed by atoms with Gasteiger partial charge in [-0.25, -0.2) is 4.98 Å². The van der Waals surface area contributed by atoms with E-state index in [1.54, 1.807) is 0 Å². The van der Waals surface area contributed by atoms with Crippen LogP contribution in [0, 0.1) is 0 Å². The summed E-state index contributed by atoms with van der Waals surface area (Å²) in [4.78, 5) is 6.88. The molecule has 11 heteroatoms. The van der Waals surface area contributed by atoms with Gasteiger partial charge < -0.3 is 14.4 Å². The molecule has 1 aromatic carbocycles. The van der Waals surface area contributed by atoms with Gasteiger partial charge >= 0.3 is 6.18 Å². The molecule has 0 N–H and O–H groups in total. The minimum absolute atomic E-state index is 0.310. The predicted molar refractivity (Wildman–Crippen MR) is 133 cm³/mol. The highest BCUT2D eigenvalue weighted by Gasteiger charge is 2.32. The van der Waals surface area contributed by atoms with E-state index < -0.39 is 12.7 Å². The molecule has 7 rings (SSSR count). The summed E-state index contributed by atoms with van der Waals surface area (Å²) in [6, 6.07) is 10.3. The molecule has 2 aliphatic heterocycles. The van der Waals surface area contributed by atoms with Gasteiger partial charge in [0.15, 0.2) is 5.75 Å². The van der Waals surface area contributed by atoms with Gasteiger partial charge in [0.1, 0.15) is 12.2 Å². The molecule has 3 aromatic heterocycles. The van der Waals surface area contributed by atoms with Crippen LogP contribution in [0.15, 0.2) is 42.7 Å². The van der Waals surface area contributed by atoms with Crippen molar-refractivity contribution in [3.05, 3.63) is 59.7 Å². The summed E-state index contributed by atoms with van der Waals surface area (Å²) >= 11 is 0. The smallest absolute Gasteiger partial charge is 0.408 e.